The number of amides is 2. The molecule has 2 amide bonds. The number of likely N-dealkylation sites (tertiary alicyclic amines) is 1. The van der Waals surface area contributed by atoms with Gasteiger partial charge in [-0.25, -0.2) is 14.8 Å². The van der Waals surface area contributed by atoms with E-state index < -0.39 is 0 Å². The van der Waals surface area contributed by atoms with Crippen LogP contribution in [0, 0.1) is 17.2 Å². The summed E-state index contributed by atoms with van der Waals surface area (Å²) in [6, 6.07) is 3.75. The number of H-pyrrole nitrogens is 1. The van der Waals surface area contributed by atoms with Crippen LogP contribution in [0.15, 0.2) is 24.7 Å². The largest absolute Gasteiger partial charge is 0.345 e. The normalized spacial score (nSPS) is 20.7. The van der Waals surface area contributed by atoms with Crippen molar-refractivity contribution in [3.8, 4) is 6.07 Å². The predicted molar refractivity (Wildman–Crippen MR) is 92.0 cm³/mol. The molecule has 3 aromatic rings. The Labute approximate surface area is 144 Å². The fourth-order valence-electron chi connectivity index (χ4n) is 3.58. The molecule has 0 radical (unpaired) electrons. The van der Waals surface area contributed by atoms with Crippen molar-refractivity contribution in [2.24, 2.45) is 5.92 Å². The number of nitrogens with one attached hydrogen (secondary N) is 2. The number of rotatable bonds is 2. The van der Waals surface area contributed by atoms with Gasteiger partial charge in [0, 0.05) is 25.2 Å². The Morgan fingerprint density at radius 2 is 2.32 bits per heavy atom. The average molecular weight is 337 g/mol. The van der Waals surface area contributed by atoms with E-state index in [1.807, 2.05) is 24.5 Å². The Bertz CT molecular complexity index is 966. The zero-order valence-electron chi connectivity index (χ0n) is 13.9. The lowest BCUT2D eigenvalue weighted by Crippen LogP contribution is -2.47. The van der Waals surface area contributed by atoms with E-state index in [1.165, 1.54) is 0 Å². The Morgan fingerprint density at radius 1 is 1.48 bits per heavy atom. The SMILES string of the molecule is CC1CCN(C(=O)NCC#N)CC1c1ncc2cnc3[nH]ccc3n12. The molecule has 2 unspecified atom stereocenters. The third kappa shape index (κ3) is 2.58. The van der Waals surface area contributed by atoms with Gasteiger partial charge in [-0.3, -0.25) is 4.40 Å². The van der Waals surface area contributed by atoms with Gasteiger partial charge in [0.05, 0.1) is 29.5 Å². The molecule has 4 rings (SSSR count). The van der Waals surface area contributed by atoms with Crippen LogP contribution < -0.4 is 5.32 Å². The fraction of sp³-hybridized carbons (Fsp3) is 0.412. The highest BCUT2D eigenvalue weighted by Gasteiger charge is 2.32. The lowest BCUT2D eigenvalue weighted by atomic mass is 9.86. The molecular formula is C17H19N7O. The van der Waals surface area contributed by atoms with Crippen molar-refractivity contribution in [3.05, 3.63) is 30.5 Å². The zero-order chi connectivity index (χ0) is 17.4. The summed E-state index contributed by atoms with van der Waals surface area (Å²) >= 11 is 0. The second-order valence-electron chi connectivity index (χ2n) is 6.48. The van der Waals surface area contributed by atoms with Crippen LogP contribution in [0.4, 0.5) is 4.79 Å². The maximum atomic E-state index is 12.2. The molecule has 1 fully saturated rings. The van der Waals surface area contributed by atoms with Crippen LogP contribution in [0.1, 0.15) is 25.1 Å². The topological polar surface area (TPSA) is 102 Å². The molecule has 128 valence electrons. The summed E-state index contributed by atoms with van der Waals surface area (Å²) in [6.45, 7) is 3.51. The average Bonchev–Trinajstić information content (AvgIpc) is 3.25. The first-order chi connectivity index (χ1) is 12.2. The maximum Gasteiger partial charge on any atom is 0.318 e. The summed E-state index contributed by atoms with van der Waals surface area (Å²) in [5.74, 6) is 1.49. The van der Waals surface area contributed by atoms with Crippen molar-refractivity contribution in [2.45, 2.75) is 19.3 Å². The lowest BCUT2D eigenvalue weighted by Gasteiger charge is -2.36. The van der Waals surface area contributed by atoms with E-state index in [0.717, 1.165) is 28.9 Å². The van der Waals surface area contributed by atoms with E-state index in [1.54, 1.807) is 11.1 Å². The number of nitriles is 1. The molecule has 1 aliphatic heterocycles. The quantitative estimate of drug-likeness (QED) is 0.697. The third-order valence-electron chi connectivity index (χ3n) is 4.98. The van der Waals surface area contributed by atoms with E-state index in [2.05, 4.69) is 31.6 Å². The van der Waals surface area contributed by atoms with E-state index >= 15 is 0 Å². The highest BCUT2D eigenvalue weighted by atomic mass is 16.2. The van der Waals surface area contributed by atoms with Crippen LogP contribution in [0.5, 0.6) is 0 Å². The second-order valence-corrected chi connectivity index (χ2v) is 6.48. The molecule has 0 spiro atoms. The van der Waals surface area contributed by atoms with Gasteiger partial charge in [0.15, 0.2) is 5.65 Å². The molecule has 8 nitrogen and oxygen atoms in total. The monoisotopic (exact) mass is 337 g/mol. The third-order valence-corrected chi connectivity index (χ3v) is 4.98. The molecular weight excluding hydrogens is 318 g/mol. The number of aromatic amines is 1. The molecule has 2 N–H and O–H groups in total. The molecule has 0 saturated carbocycles. The smallest absolute Gasteiger partial charge is 0.318 e. The molecule has 0 aromatic carbocycles. The van der Waals surface area contributed by atoms with Crippen LogP contribution in [0.3, 0.4) is 0 Å². The predicted octanol–water partition coefficient (Wildman–Crippen LogP) is 1.87. The van der Waals surface area contributed by atoms with Crippen molar-refractivity contribution >= 4 is 22.7 Å². The van der Waals surface area contributed by atoms with E-state index in [4.69, 9.17) is 5.26 Å². The Hall–Kier alpha value is -3.08. The summed E-state index contributed by atoms with van der Waals surface area (Å²) < 4.78 is 2.12. The minimum absolute atomic E-state index is 0.0253. The van der Waals surface area contributed by atoms with Crippen LogP contribution in [0.2, 0.25) is 0 Å². The van der Waals surface area contributed by atoms with Crippen LogP contribution >= 0.6 is 0 Å². The first-order valence-corrected chi connectivity index (χ1v) is 8.38. The zero-order valence-corrected chi connectivity index (χ0v) is 13.9. The van der Waals surface area contributed by atoms with Gasteiger partial charge in [-0.1, -0.05) is 6.92 Å². The number of carbonyl (C=O) groups is 1. The summed E-state index contributed by atoms with van der Waals surface area (Å²) in [5.41, 5.74) is 2.75. The van der Waals surface area contributed by atoms with Crippen LogP contribution in [-0.2, 0) is 0 Å². The summed E-state index contributed by atoms with van der Waals surface area (Å²) in [7, 11) is 0. The standard InChI is InChI=1S/C17H19N7O/c1-11-3-7-23(17(25)20-6-4-18)10-13(11)16-22-9-12-8-21-15-14(24(12)16)2-5-19-15/h2,5,8-9,11,13,19H,3,6-7,10H2,1H3,(H,20,25). The number of urea groups is 1. The van der Waals surface area contributed by atoms with Gasteiger partial charge in [-0.2, -0.15) is 5.26 Å². The molecule has 1 aliphatic rings. The molecule has 8 heteroatoms. The number of piperidine rings is 1. The van der Waals surface area contributed by atoms with Gasteiger partial charge in [-0.05, 0) is 18.4 Å². The lowest BCUT2D eigenvalue weighted by molar-refractivity contribution is 0.160. The van der Waals surface area contributed by atoms with Crippen LogP contribution in [0.25, 0.3) is 16.7 Å². The molecule has 4 heterocycles. The van der Waals surface area contributed by atoms with Gasteiger partial charge >= 0.3 is 6.03 Å². The summed E-state index contributed by atoms with van der Waals surface area (Å²) in [5, 5.41) is 11.3. The number of hydrogen-bond donors (Lipinski definition) is 2. The summed E-state index contributed by atoms with van der Waals surface area (Å²) in [4.78, 5) is 26.2. The highest BCUT2D eigenvalue weighted by molar-refractivity contribution is 5.76. The molecule has 0 aliphatic carbocycles. The number of imidazole rings is 1. The molecule has 3 aromatic heterocycles. The van der Waals surface area contributed by atoms with E-state index in [-0.39, 0.29) is 18.5 Å². The van der Waals surface area contributed by atoms with E-state index in [9.17, 15) is 4.79 Å². The second kappa shape index (κ2) is 6.09. The maximum absolute atomic E-state index is 12.2. The van der Waals surface area contributed by atoms with Gasteiger partial charge in [0.2, 0.25) is 0 Å². The number of hydrogen-bond acceptors (Lipinski definition) is 4. The Balaban J connectivity index is 1.70. The van der Waals surface area contributed by atoms with Crippen molar-refractivity contribution in [3.63, 3.8) is 0 Å². The Morgan fingerprint density at radius 3 is 3.16 bits per heavy atom. The summed E-state index contributed by atoms with van der Waals surface area (Å²) in [6.07, 6.45) is 6.41. The fourth-order valence-corrected chi connectivity index (χ4v) is 3.58. The number of aromatic nitrogens is 4. The Kier molecular flexibility index (Phi) is 3.76. The van der Waals surface area contributed by atoms with E-state index in [0.29, 0.717) is 19.0 Å². The van der Waals surface area contributed by atoms with Crippen molar-refractivity contribution in [1.82, 2.24) is 29.6 Å². The van der Waals surface area contributed by atoms with Crippen LogP contribution in [-0.4, -0.2) is 49.9 Å². The van der Waals surface area contributed by atoms with Gasteiger partial charge in [-0.15, -0.1) is 0 Å². The highest BCUT2D eigenvalue weighted by Crippen LogP contribution is 2.32. The minimum Gasteiger partial charge on any atom is -0.345 e. The van der Waals surface area contributed by atoms with Gasteiger partial charge < -0.3 is 15.2 Å². The number of fused-ring (bicyclic) bond motifs is 3. The number of nitrogens with zero attached hydrogens (tertiary/aromatic N) is 5. The first-order valence-electron chi connectivity index (χ1n) is 8.38. The number of carbonyl (C=O) groups excluding carboxylic acids is 1. The molecule has 2 atom stereocenters. The first kappa shape index (κ1) is 15.4. The van der Waals surface area contributed by atoms with Gasteiger partial charge in [0.1, 0.15) is 12.4 Å². The minimum atomic E-state index is -0.187. The molecule has 25 heavy (non-hydrogen) atoms. The molecule has 1 saturated heterocycles. The van der Waals surface area contributed by atoms with Gasteiger partial charge in [0.25, 0.3) is 0 Å². The van der Waals surface area contributed by atoms with Crippen molar-refractivity contribution in [1.29, 1.82) is 5.26 Å². The van der Waals surface area contributed by atoms with Crippen molar-refractivity contribution < 1.29 is 4.79 Å². The van der Waals surface area contributed by atoms with Crippen molar-refractivity contribution in [2.75, 3.05) is 19.6 Å². The molecule has 0 bridgehead atoms.